The fourth-order valence-electron chi connectivity index (χ4n) is 2.52. The highest BCUT2D eigenvalue weighted by molar-refractivity contribution is 6.30. The van der Waals surface area contributed by atoms with Crippen LogP contribution in [0.2, 0.25) is 0 Å². The summed E-state index contributed by atoms with van der Waals surface area (Å²) in [5.41, 5.74) is -0.531. The number of benzene rings is 2. The van der Waals surface area contributed by atoms with E-state index in [9.17, 15) is 15.2 Å². The van der Waals surface area contributed by atoms with Crippen LogP contribution in [0.3, 0.4) is 0 Å². The zero-order valence-electron chi connectivity index (χ0n) is 13.0. The maximum atomic E-state index is 11.7. The number of phenolic OH excluding ortho intramolecular Hbond substituents is 1. The lowest BCUT2D eigenvalue weighted by molar-refractivity contribution is -0.549. The zero-order chi connectivity index (χ0) is 17.9. The van der Waals surface area contributed by atoms with Gasteiger partial charge in [-0.3, -0.25) is 10.1 Å². The van der Waals surface area contributed by atoms with Crippen LogP contribution >= 0.6 is 11.6 Å². The highest BCUT2D eigenvalue weighted by Crippen LogP contribution is 2.36. The standard InChI is InChI=1S/C18H14ClN3O3/c19-16-12-18(22(24)25,13-6-8-15(23)9-7-13)11-10-17(16)21-20-14-4-2-1-3-5-14/h1-12,17,23H. The maximum Gasteiger partial charge on any atom is 0.285 e. The predicted octanol–water partition coefficient (Wildman–Crippen LogP) is 4.71. The summed E-state index contributed by atoms with van der Waals surface area (Å²) in [7, 11) is 0. The van der Waals surface area contributed by atoms with Crippen molar-refractivity contribution >= 4 is 17.3 Å². The van der Waals surface area contributed by atoms with Crippen LogP contribution in [0.5, 0.6) is 5.75 Å². The smallest absolute Gasteiger partial charge is 0.285 e. The van der Waals surface area contributed by atoms with Gasteiger partial charge < -0.3 is 5.11 Å². The van der Waals surface area contributed by atoms with Crippen LogP contribution in [-0.2, 0) is 5.54 Å². The minimum atomic E-state index is -1.59. The van der Waals surface area contributed by atoms with Crippen LogP contribution in [-0.4, -0.2) is 16.1 Å². The molecule has 0 saturated carbocycles. The average molecular weight is 356 g/mol. The Morgan fingerprint density at radius 2 is 1.80 bits per heavy atom. The third-order valence-corrected chi connectivity index (χ3v) is 4.19. The van der Waals surface area contributed by atoms with E-state index in [1.165, 1.54) is 36.4 Å². The largest absolute Gasteiger partial charge is 0.508 e. The van der Waals surface area contributed by atoms with Crippen molar-refractivity contribution in [3.8, 4) is 5.75 Å². The Balaban J connectivity index is 1.91. The molecule has 0 aliphatic heterocycles. The van der Waals surface area contributed by atoms with Crippen molar-refractivity contribution in [1.82, 2.24) is 0 Å². The van der Waals surface area contributed by atoms with Crippen molar-refractivity contribution in [2.45, 2.75) is 11.6 Å². The van der Waals surface area contributed by atoms with E-state index in [2.05, 4.69) is 10.2 Å². The van der Waals surface area contributed by atoms with Crippen molar-refractivity contribution in [2.24, 2.45) is 10.2 Å². The van der Waals surface area contributed by atoms with Gasteiger partial charge in [0.25, 0.3) is 5.54 Å². The van der Waals surface area contributed by atoms with Crippen molar-refractivity contribution in [1.29, 1.82) is 0 Å². The van der Waals surface area contributed by atoms with Crippen molar-refractivity contribution < 1.29 is 10.0 Å². The Morgan fingerprint density at radius 1 is 1.12 bits per heavy atom. The van der Waals surface area contributed by atoms with Crippen LogP contribution in [0.25, 0.3) is 0 Å². The first-order valence-electron chi connectivity index (χ1n) is 7.49. The van der Waals surface area contributed by atoms with E-state index in [4.69, 9.17) is 11.6 Å². The van der Waals surface area contributed by atoms with E-state index in [-0.39, 0.29) is 10.8 Å². The molecule has 2 aromatic carbocycles. The number of hydrogen-bond donors (Lipinski definition) is 1. The van der Waals surface area contributed by atoms with Gasteiger partial charge in [-0.25, -0.2) is 0 Å². The van der Waals surface area contributed by atoms with Gasteiger partial charge in [0, 0.05) is 16.6 Å². The topological polar surface area (TPSA) is 88.1 Å². The van der Waals surface area contributed by atoms with Gasteiger partial charge >= 0.3 is 0 Å². The molecule has 0 aromatic heterocycles. The van der Waals surface area contributed by atoms with Gasteiger partial charge in [0.15, 0.2) is 0 Å². The number of rotatable bonds is 4. The lowest BCUT2D eigenvalue weighted by Gasteiger charge is -2.24. The molecule has 1 aliphatic rings. The van der Waals surface area contributed by atoms with Gasteiger partial charge in [-0.2, -0.15) is 10.2 Å². The van der Waals surface area contributed by atoms with Gasteiger partial charge in [-0.1, -0.05) is 29.8 Å². The first-order chi connectivity index (χ1) is 12.0. The highest BCUT2D eigenvalue weighted by atomic mass is 35.5. The molecule has 3 rings (SSSR count). The Hall–Kier alpha value is -2.99. The molecule has 0 heterocycles. The molecule has 1 aliphatic carbocycles. The van der Waals surface area contributed by atoms with Crippen molar-refractivity contribution in [3.63, 3.8) is 0 Å². The second kappa shape index (κ2) is 6.86. The average Bonchev–Trinajstić information content (AvgIpc) is 2.62. The second-order valence-corrected chi connectivity index (χ2v) is 5.95. The number of aromatic hydroxyl groups is 1. The summed E-state index contributed by atoms with van der Waals surface area (Å²) in [6.45, 7) is 0. The Kier molecular flexibility index (Phi) is 4.63. The summed E-state index contributed by atoms with van der Waals surface area (Å²) in [5, 5.41) is 29.6. The fraction of sp³-hybridized carbons (Fsp3) is 0.111. The minimum Gasteiger partial charge on any atom is -0.508 e. The van der Waals surface area contributed by atoms with E-state index >= 15 is 0 Å². The maximum absolute atomic E-state index is 11.7. The molecule has 0 amide bonds. The first-order valence-corrected chi connectivity index (χ1v) is 7.86. The molecule has 2 aromatic rings. The van der Waals surface area contributed by atoms with E-state index in [1.54, 1.807) is 18.2 Å². The molecule has 2 unspecified atom stereocenters. The SMILES string of the molecule is O=[N+]([O-])C1(c2ccc(O)cc2)C=CC(N=Nc2ccccc2)C(Cl)=C1. The molecule has 0 spiro atoms. The quantitative estimate of drug-likeness (QED) is 0.373. The second-order valence-electron chi connectivity index (χ2n) is 5.51. The molecule has 1 N–H and O–H groups in total. The van der Waals surface area contributed by atoms with Gasteiger partial charge in [0.1, 0.15) is 11.8 Å². The molecule has 25 heavy (non-hydrogen) atoms. The van der Waals surface area contributed by atoms with Crippen LogP contribution < -0.4 is 0 Å². The molecule has 126 valence electrons. The zero-order valence-corrected chi connectivity index (χ0v) is 13.7. The molecule has 2 atom stereocenters. The molecular weight excluding hydrogens is 342 g/mol. The number of halogens is 1. The molecule has 0 fully saturated rings. The van der Waals surface area contributed by atoms with Crippen molar-refractivity contribution in [2.75, 3.05) is 0 Å². The first kappa shape index (κ1) is 16.9. The monoisotopic (exact) mass is 355 g/mol. The van der Waals surface area contributed by atoms with Gasteiger partial charge in [-0.15, -0.1) is 0 Å². The molecule has 6 nitrogen and oxygen atoms in total. The van der Waals surface area contributed by atoms with Crippen LogP contribution in [0.1, 0.15) is 5.56 Å². The fourth-order valence-corrected chi connectivity index (χ4v) is 2.80. The normalized spacial score (nSPS) is 22.8. The number of nitrogens with zero attached hydrogens (tertiary/aromatic N) is 3. The number of azo groups is 1. The number of nitro groups is 1. The summed E-state index contributed by atoms with van der Waals surface area (Å²) in [6, 6.07) is 14.4. The van der Waals surface area contributed by atoms with Gasteiger partial charge in [0.2, 0.25) is 0 Å². The Bertz CT molecular complexity index is 863. The highest BCUT2D eigenvalue weighted by Gasteiger charge is 2.43. The lowest BCUT2D eigenvalue weighted by atomic mass is 9.85. The van der Waals surface area contributed by atoms with E-state index in [0.29, 0.717) is 11.3 Å². The lowest BCUT2D eigenvalue weighted by Crippen LogP contribution is -2.34. The predicted molar refractivity (Wildman–Crippen MR) is 94.6 cm³/mol. The Morgan fingerprint density at radius 3 is 2.40 bits per heavy atom. The van der Waals surface area contributed by atoms with E-state index < -0.39 is 16.5 Å². The third-order valence-electron chi connectivity index (χ3n) is 3.86. The Labute approximate surface area is 148 Å². The molecule has 0 bridgehead atoms. The summed E-state index contributed by atoms with van der Waals surface area (Å²) < 4.78 is 0. The number of hydrogen-bond acceptors (Lipinski definition) is 5. The van der Waals surface area contributed by atoms with Crippen LogP contribution in [0.15, 0.2) is 88.1 Å². The van der Waals surface area contributed by atoms with Gasteiger partial charge in [0.05, 0.1) is 10.7 Å². The van der Waals surface area contributed by atoms with Crippen LogP contribution in [0, 0.1) is 10.1 Å². The number of phenols is 1. The van der Waals surface area contributed by atoms with E-state index in [0.717, 1.165) is 0 Å². The summed E-state index contributed by atoms with van der Waals surface area (Å²) in [6.07, 6.45) is 4.36. The molecule has 0 saturated heterocycles. The summed E-state index contributed by atoms with van der Waals surface area (Å²) in [4.78, 5) is 11.3. The molecular formula is C18H14ClN3O3. The summed E-state index contributed by atoms with van der Waals surface area (Å²) in [5.74, 6) is 0.0339. The van der Waals surface area contributed by atoms with Crippen molar-refractivity contribution in [3.05, 3.63) is 93.5 Å². The summed E-state index contributed by atoms with van der Waals surface area (Å²) >= 11 is 6.26. The van der Waals surface area contributed by atoms with Crippen LogP contribution in [0.4, 0.5) is 5.69 Å². The molecule has 0 radical (unpaired) electrons. The van der Waals surface area contributed by atoms with E-state index in [1.807, 2.05) is 18.2 Å². The minimum absolute atomic E-state index is 0.0339. The molecule has 7 heteroatoms. The third kappa shape index (κ3) is 3.44. The van der Waals surface area contributed by atoms with Gasteiger partial charge in [-0.05, 0) is 48.6 Å².